The number of benzene rings is 1. The number of carbonyl (C=O) groups excluding carboxylic acids is 1. The second-order valence-corrected chi connectivity index (χ2v) is 7.05. The molecule has 1 aliphatic carbocycles. The summed E-state index contributed by atoms with van der Waals surface area (Å²) in [5.41, 5.74) is 0.641. The van der Waals surface area contributed by atoms with Crippen molar-refractivity contribution in [1.82, 2.24) is 9.88 Å². The van der Waals surface area contributed by atoms with Gasteiger partial charge in [-0.25, -0.2) is 0 Å². The molecule has 0 aliphatic heterocycles. The summed E-state index contributed by atoms with van der Waals surface area (Å²) in [6.45, 7) is -0.366. The lowest BCUT2D eigenvalue weighted by molar-refractivity contribution is 0.0922. The van der Waals surface area contributed by atoms with Crippen LogP contribution >= 0.6 is 0 Å². The fourth-order valence-corrected chi connectivity index (χ4v) is 3.71. The van der Waals surface area contributed by atoms with Crippen LogP contribution in [-0.4, -0.2) is 28.3 Å². The number of aromatic nitrogens is 1. The molecule has 0 bridgehead atoms. The molecule has 0 atom stereocenters. The summed E-state index contributed by atoms with van der Waals surface area (Å²) in [6, 6.07) is 11.8. The maximum atomic E-state index is 12.5. The highest BCUT2D eigenvalue weighted by atomic mass is 19.1. The van der Waals surface area contributed by atoms with E-state index in [-0.39, 0.29) is 24.6 Å². The van der Waals surface area contributed by atoms with Gasteiger partial charge in [-0.15, -0.1) is 0 Å². The Morgan fingerprint density at radius 2 is 1.85 bits per heavy atom. The maximum absolute atomic E-state index is 12.5. The molecule has 1 aromatic heterocycles. The van der Waals surface area contributed by atoms with Crippen LogP contribution in [0.2, 0.25) is 0 Å². The van der Waals surface area contributed by atoms with Crippen LogP contribution in [0.4, 0.5) is 4.39 Å². The van der Waals surface area contributed by atoms with Crippen molar-refractivity contribution < 1.29 is 14.3 Å². The minimum absolute atomic E-state index is 0.0262. The van der Waals surface area contributed by atoms with Gasteiger partial charge < -0.3 is 15.0 Å². The van der Waals surface area contributed by atoms with Crippen LogP contribution in [0.25, 0.3) is 0 Å². The van der Waals surface area contributed by atoms with Gasteiger partial charge >= 0.3 is 0 Å². The van der Waals surface area contributed by atoms with E-state index in [0.29, 0.717) is 5.92 Å². The molecule has 0 radical (unpaired) electrons. The molecule has 5 nitrogen and oxygen atoms in total. The van der Waals surface area contributed by atoms with Gasteiger partial charge in [0.15, 0.2) is 5.75 Å². The zero-order valence-electron chi connectivity index (χ0n) is 15.2. The Morgan fingerprint density at radius 3 is 2.52 bits per heavy atom. The molecule has 27 heavy (non-hydrogen) atoms. The van der Waals surface area contributed by atoms with Crippen LogP contribution in [0.5, 0.6) is 5.75 Å². The molecule has 2 aromatic rings. The topological polar surface area (TPSA) is 71.3 Å². The number of hydrogen-bond donors (Lipinski definition) is 2. The largest absolute Gasteiger partial charge is 0.502 e. The Morgan fingerprint density at radius 1 is 1.15 bits per heavy atom. The highest BCUT2D eigenvalue weighted by Crippen LogP contribution is 2.32. The minimum Gasteiger partial charge on any atom is -0.502 e. The second kappa shape index (κ2) is 8.84. The second-order valence-electron chi connectivity index (χ2n) is 7.05. The zero-order chi connectivity index (χ0) is 19.2. The number of aryl methyl sites for hydroxylation is 1. The molecule has 1 saturated carbocycles. The summed E-state index contributed by atoms with van der Waals surface area (Å²) in [6.07, 6.45) is 5.32. The molecule has 3 rings (SSSR count). The number of hydrogen-bond acceptors (Lipinski definition) is 3. The average molecular weight is 372 g/mol. The van der Waals surface area contributed by atoms with E-state index >= 15 is 0 Å². The third-order valence-electron chi connectivity index (χ3n) is 5.25. The summed E-state index contributed by atoms with van der Waals surface area (Å²) in [5, 5.41) is 13.0. The van der Waals surface area contributed by atoms with E-state index in [9.17, 15) is 19.1 Å². The van der Waals surface area contributed by atoms with Crippen molar-refractivity contribution in [3.63, 3.8) is 0 Å². The van der Waals surface area contributed by atoms with Gasteiger partial charge in [0.05, 0.1) is 12.2 Å². The van der Waals surface area contributed by atoms with Gasteiger partial charge in [-0.2, -0.15) is 0 Å². The van der Waals surface area contributed by atoms with Crippen molar-refractivity contribution >= 4 is 5.91 Å². The summed E-state index contributed by atoms with van der Waals surface area (Å²) >= 11 is 0. The van der Waals surface area contributed by atoms with Gasteiger partial charge in [-0.1, -0.05) is 30.3 Å². The first-order valence-corrected chi connectivity index (χ1v) is 9.44. The normalized spacial score (nSPS) is 19.6. The molecule has 0 spiro atoms. The maximum Gasteiger partial charge on any atom is 0.293 e. The Labute approximate surface area is 157 Å². The van der Waals surface area contributed by atoms with Crippen molar-refractivity contribution in [2.75, 3.05) is 6.67 Å². The van der Waals surface area contributed by atoms with Gasteiger partial charge in [0.1, 0.15) is 0 Å². The van der Waals surface area contributed by atoms with E-state index in [1.54, 1.807) is 0 Å². The Bertz CT molecular complexity index is 827. The van der Waals surface area contributed by atoms with E-state index in [4.69, 9.17) is 0 Å². The first kappa shape index (κ1) is 19.1. The Balaban J connectivity index is 1.60. The fraction of sp³-hybridized carbons (Fsp3) is 0.429. The van der Waals surface area contributed by atoms with E-state index in [1.165, 1.54) is 22.4 Å². The molecule has 0 saturated heterocycles. The van der Waals surface area contributed by atoms with Crippen molar-refractivity contribution in [3.05, 3.63) is 64.1 Å². The summed E-state index contributed by atoms with van der Waals surface area (Å²) in [7, 11) is 0. The van der Waals surface area contributed by atoms with Gasteiger partial charge in [0, 0.05) is 18.8 Å². The van der Waals surface area contributed by atoms with Gasteiger partial charge in [-0.3, -0.25) is 14.0 Å². The van der Waals surface area contributed by atoms with E-state index in [1.807, 2.05) is 18.2 Å². The minimum atomic E-state index is -0.663. The van der Waals surface area contributed by atoms with Crippen LogP contribution in [0, 0.1) is 0 Å². The van der Waals surface area contributed by atoms with Gasteiger partial charge in [0.2, 0.25) is 0 Å². The van der Waals surface area contributed by atoms with Gasteiger partial charge in [0.25, 0.3) is 11.5 Å². The summed E-state index contributed by atoms with van der Waals surface area (Å²) < 4.78 is 13.5. The lowest BCUT2D eigenvalue weighted by Gasteiger charge is -2.29. The molecule has 1 fully saturated rings. The SMILES string of the molecule is O=C(N[C@H]1CC[C@@H](c2ccccc2)CC1)c1ccn(CCCF)c(=O)c1O. The standard InChI is InChI=1S/C21H25FN2O3/c22-12-4-13-24-14-11-18(19(25)21(24)27)20(26)23-17-9-7-16(8-10-17)15-5-2-1-3-6-15/h1-3,5-6,11,14,16-17,25H,4,7-10,12-13H2,(H,23,26)/t16-,17+. The first-order valence-electron chi connectivity index (χ1n) is 9.44. The molecule has 6 heteroatoms. The number of halogens is 1. The van der Waals surface area contributed by atoms with Crippen LogP contribution in [0.1, 0.15) is 53.9 Å². The number of nitrogens with zero attached hydrogens (tertiary/aromatic N) is 1. The number of amides is 1. The molecule has 1 heterocycles. The summed E-state index contributed by atoms with van der Waals surface area (Å²) in [5.74, 6) is -0.510. The molecular weight excluding hydrogens is 347 g/mol. The number of aromatic hydroxyl groups is 1. The quantitative estimate of drug-likeness (QED) is 0.817. The third-order valence-corrected chi connectivity index (χ3v) is 5.25. The highest BCUT2D eigenvalue weighted by Gasteiger charge is 2.25. The third kappa shape index (κ3) is 4.56. The van der Waals surface area contributed by atoms with Crippen molar-refractivity contribution in [2.45, 2.75) is 50.6 Å². The number of carbonyl (C=O) groups is 1. The fourth-order valence-electron chi connectivity index (χ4n) is 3.71. The molecule has 2 N–H and O–H groups in total. The van der Waals surface area contributed by atoms with Crippen LogP contribution in [0.15, 0.2) is 47.4 Å². The first-order chi connectivity index (χ1) is 13.1. The number of rotatable bonds is 6. The molecular formula is C21H25FN2O3. The Hall–Kier alpha value is -2.63. The van der Waals surface area contributed by atoms with Crippen LogP contribution in [0.3, 0.4) is 0 Å². The smallest absolute Gasteiger partial charge is 0.293 e. The molecule has 1 aliphatic rings. The van der Waals surface area contributed by atoms with Crippen molar-refractivity contribution in [2.24, 2.45) is 0 Å². The van der Waals surface area contributed by atoms with E-state index in [2.05, 4.69) is 17.4 Å². The molecule has 144 valence electrons. The molecule has 0 unspecified atom stereocenters. The predicted molar refractivity (Wildman–Crippen MR) is 102 cm³/mol. The van der Waals surface area contributed by atoms with Crippen molar-refractivity contribution in [1.29, 1.82) is 0 Å². The number of alkyl halides is 1. The lowest BCUT2D eigenvalue weighted by atomic mass is 9.82. The highest BCUT2D eigenvalue weighted by molar-refractivity contribution is 5.96. The average Bonchev–Trinajstić information content (AvgIpc) is 2.70. The number of nitrogens with one attached hydrogen (secondary N) is 1. The van der Waals surface area contributed by atoms with E-state index < -0.39 is 23.9 Å². The summed E-state index contributed by atoms with van der Waals surface area (Å²) in [4.78, 5) is 24.6. The molecule has 1 amide bonds. The van der Waals surface area contributed by atoms with Crippen LogP contribution in [-0.2, 0) is 6.54 Å². The van der Waals surface area contributed by atoms with E-state index in [0.717, 1.165) is 25.7 Å². The van der Waals surface area contributed by atoms with Gasteiger partial charge in [-0.05, 0) is 49.7 Å². The monoisotopic (exact) mass is 372 g/mol. The number of pyridine rings is 1. The zero-order valence-corrected chi connectivity index (χ0v) is 15.2. The predicted octanol–water partition coefficient (Wildman–Crippen LogP) is 3.37. The lowest BCUT2D eigenvalue weighted by Crippen LogP contribution is -2.38. The van der Waals surface area contributed by atoms with Crippen LogP contribution < -0.4 is 10.9 Å². The molecule has 1 aromatic carbocycles. The Kier molecular flexibility index (Phi) is 6.27. The van der Waals surface area contributed by atoms with Crippen molar-refractivity contribution in [3.8, 4) is 5.75 Å².